The smallest absolute Gasteiger partial charge is 0.327 e. The van der Waals surface area contributed by atoms with Crippen LogP contribution in [0.4, 0.5) is 19.1 Å². The molecule has 10 heteroatoms. The van der Waals surface area contributed by atoms with E-state index in [9.17, 15) is 18.0 Å². The van der Waals surface area contributed by atoms with Crippen molar-refractivity contribution >= 4 is 24.3 Å². The van der Waals surface area contributed by atoms with E-state index in [0.717, 1.165) is 19.3 Å². The summed E-state index contributed by atoms with van der Waals surface area (Å²) in [7, 11) is 0. The van der Waals surface area contributed by atoms with Crippen LogP contribution < -0.4 is 11.1 Å². The van der Waals surface area contributed by atoms with Crippen LogP contribution in [-0.4, -0.2) is 27.1 Å². The van der Waals surface area contributed by atoms with Gasteiger partial charge in [0.25, 0.3) is 0 Å². The lowest BCUT2D eigenvalue weighted by molar-refractivity contribution is -0.144. The molecule has 0 saturated heterocycles. The number of alkyl halides is 3. The van der Waals surface area contributed by atoms with Gasteiger partial charge in [0.05, 0.1) is 0 Å². The minimum absolute atomic E-state index is 0. The highest BCUT2D eigenvalue weighted by atomic mass is 35.5. The van der Waals surface area contributed by atoms with Crippen LogP contribution >= 0.6 is 12.4 Å². The summed E-state index contributed by atoms with van der Waals surface area (Å²) in [6, 6.07) is -0.0244. The van der Waals surface area contributed by atoms with Crippen molar-refractivity contribution in [1.82, 2.24) is 15.2 Å². The van der Waals surface area contributed by atoms with E-state index < -0.39 is 17.9 Å². The Bertz CT molecular complexity index is 464. The van der Waals surface area contributed by atoms with Crippen molar-refractivity contribution < 1.29 is 18.0 Å². The van der Waals surface area contributed by atoms with Gasteiger partial charge in [0.1, 0.15) is 0 Å². The number of carbonyl (C=O) groups excluding carboxylic acids is 1. The topological polar surface area (TPSA) is 96.7 Å². The van der Waals surface area contributed by atoms with Gasteiger partial charge < -0.3 is 5.73 Å². The molecule has 114 valence electrons. The molecule has 1 heterocycles. The molecule has 6 nitrogen and oxygen atoms in total. The summed E-state index contributed by atoms with van der Waals surface area (Å²) in [5.74, 6) is -1.96. The Hall–Kier alpha value is -1.35. The van der Waals surface area contributed by atoms with Gasteiger partial charge >= 0.3 is 6.18 Å². The third kappa shape index (κ3) is 4.07. The zero-order valence-corrected chi connectivity index (χ0v) is 11.2. The number of rotatable bonds is 3. The van der Waals surface area contributed by atoms with Crippen LogP contribution in [0.15, 0.2) is 0 Å². The van der Waals surface area contributed by atoms with Gasteiger partial charge in [-0.3, -0.25) is 15.2 Å². The van der Waals surface area contributed by atoms with Crippen LogP contribution in [0.25, 0.3) is 0 Å². The molecule has 1 aromatic rings. The molecule has 4 N–H and O–H groups in total. The van der Waals surface area contributed by atoms with Crippen molar-refractivity contribution in [3.05, 3.63) is 5.82 Å². The average molecular weight is 314 g/mol. The lowest BCUT2D eigenvalue weighted by Crippen LogP contribution is -2.28. The van der Waals surface area contributed by atoms with Gasteiger partial charge in [-0.15, -0.1) is 17.5 Å². The summed E-state index contributed by atoms with van der Waals surface area (Å²) in [5.41, 5.74) is 5.82. The number of H-pyrrole nitrogens is 1. The first-order valence-corrected chi connectivity index (χ1v) is 5.91. The molecule has 2 rings (SSSR count). The van der Waals surface area contributed by atoms with Crippen LogP contribution in [0.1, 0.15) is 31.5 Å². The van der Waals surface area contributed by atoms with Gasteiger partial charge in [0.2, 0.25) is 17.7 Å². The van der Waals surface area contributed by atoms with E-state index in [-0.39, 0.29) is 36.7 Å². The first-order chi connectivity index (χ1) is 8.86. The molecule has 0 aliphatic heterocycles. The molecule has 1 fully saturated rings. The number of nitrogens with zero attached hydrogens (tertiary/aromatic N) is 2. The van der Waals surface area contributed by atoms with Crippen molar-refractivity contribution in [3.63, 3.8) is 0 Å². The standard InChI is InChI=1S/C10H14F3N5O.ClH/c11-10(12,13)8-16-9(18-17-8)15-7(19)4-5-2-1-3-6(5)14;/h5-6H,1-4,14H2,(H2,15,16,17,18,19);1H/t5-,6+;/m0./s1. The Morgan fingerprint density at radius 3 is 2.65 bits per heavy atom. The summed E-state index contributed by atoms with van der Waals surface area (Å²) in [4.78, 5) is 14.8. The number of hydrogen-bond donors (Lipinski definition) is 3. The minimum atomic E-state index is -4.61. The maximum atomic E-state index is 12.3. The lowest BCUT2D eigenvalue weighted by Gasteiger charge is -2.13. The number of hydrogen-bond acceptors (Lipinski definition) is 4. The highest BCUT2D eigenvalue weighted by molar-refractivity contribution is 5.89. The Morgan fingerprint density at radius 2 is 2.15 bits per heavy atom. The summed E-state index contributed by atoms with van der Waals surface area (Å²) in [5, 5.41) is 7.26. The van der Waals surface area contributed by atoms with Gasteiger partial charge in [-0.1, -0.05) is 6.42 Å². The van der Waals surface area contributed by atoms with E-state index in [1.807, 2.05) is 0 Å². The largest absolute Gasteiger partial charge is 0.451 e. The Morgan fingerprint density at radius 1 is 1.45 bits per heavy atom. The number of carbonyl (C=O) groups is 1. The zero-order valence-electron chi connectivity index (χ0n) is 10.4. The zero-order chi connectivity index (χ0) is 14.0. The summed E-state index contributed by atoms with van der Waals surface area (Å²) < 4.78 is 36.8. The van der Waals surface area contributed by atoms with E-state index in [1.165, 1.54) is 0 Å². The molecular weight excluding hydrogens is 299 g/mol. The first-order valence-electron chi connectivity index (χ1n) is 5.91. The molecule has 0 bridgehead atoms. The highest BCUT2D eigenvalue weighted by Crippen LogP contribution is 2.28. The molecule has 20 heavy (non-hydrogen) atoms. The van der Waals surface area contributed by atoms with Crippen molar-refractivity contribution in [2.75, 3.05) is 5.32 Å². The molecule has 1 aliphatic carbocycles. The highest BCUT2D eigenvalue weighted by Gasteiger charge is 2.35. The molecule has 1 saturated carbocycles. The Labute approximate surface area is 119 Å². The van der Waals surface area contributed by atoms with E-state index in [0.29, 0.717) is 0 Å². The Kier molecular flexibility index (Phi) is 5.35. The third-order valence-electron chi connectivity index (χ3n) is 3.17. The number of nitrogens with two attached hydrogens (primary N) is 1. The van der Waals surface area contributed by atoms with E-state index in [4.69, 9.17) is 5.73 Å². The van der Waals surface area contributed by atoms with Crippen molar-refractivity contribution in [3.8, 4) is 0 Å². The van der Waals surface area contributed by atoms with Gasteiger partial charge in [-0.2, -0.15) is 18.2 Å². The molecule has 0 radical (unpaired) electrons. The molecule has 0 spiro atoms. The number of amides is 1. The lowest BCUT2D eigenvalue weighted by atomic mass is 10.00. The SMILES string of the molecule is Cl.N[C@@H]1CCC[C@H]1CC(=O)Nc1n[nH]c(C(F)(F)F)n1. The van der Waals surface area contributed by atoms with Crippen LogP contribution in [0, 0.1) is 5.92 Å². The quantitative estimate of drug-likeness (QED) is 0.791. The van der Waals surface area contributed by atoms with E-state index >= 15 is 0 Å². The Balaban J connectivity index is 0.00000200. The molecule has 1 aromatic heterocycles. The van der Waals surface area contributed by atoms with E-state index in [2.05, 4.69) is 15.4 Å². The van der Waals surface area contributed by atoms with Crippen molar-refractivity contribution in [2.45, 2.75) is 37.9 Å². The number of aromatic nitrogens is 3. The van der Waals surface area contributed by atoms with E-state index in [1.54, 1.807) is 5.10 Å². The summed E-state index contributed by atoms with van der Waals surface area (Å²) >= 11 is 0. The van der Waals surface area contributed by atoms with Crippen LogP contribution in [0.5, 0.6) is 0 Å². The van der Waals surface area contributed by atoms with Crippen LogP contribution in [0.3, 0.4) is 0 Å². The number of aromatic amines is 1. The normalized spacial score (nSPS) is 22.4. The third-order valence-corrected chi connectivity index (χ3v) is 3.17. The monoisotopic (exact) mass is 313 g/mol. The number of halogens is 4. The predicted octanol–water partition coefficient (Wildman–Crippen LogP) is 1.70. The predicted molar refractivity (Wildman–Crippen MR) is 67.2 cm³/mol. The number of anilines is 1. The van der Waals surface area contributed by atoms with Gasteiger partial charge in [0, 0.05) is 12.5 Å². The van der Waals surface area contributed by atoms with Gasteiger partial charge in [-0.25, -0.2) is 0 Å². The molecular formula is C10H15ClF3N5O. The molecule has 2 atom stereocenters. The van der Waals surface area contributed by atoms with Crippen molar-refractivity contribution in [2.24, 2.45) is 11.7 Å². The molecule has 0 unspecified atom stereocenters. The maximum absolute atomic E-state index is 12.3. The second kappa shape index (κ2) is 6.40. The van der Waals surface area contributed by atoms with Crippen molar-refractivity contribution in [1.29, 1.82) is 0 Å². The fourth-order valence-corrected chi connectivity index (χ4v) is 2.18. The van der Waals surface area contributed by atoms with Gasteiger partial charge in [0.15, 0.2) is 0 Å². The van der Waals surface area contributed by atoms with Gasteiger partial charge in [-0.05, 0) is 18.8 Å². The van der Waals surface area contributed by atoms with Crippen LogP contribution in [-0.2, 0) is 11.0 Å². The molecule has 1 amide bonds. The molecule has 1 aliphatic rings. The average Bonchev–Trinajstić information content (AvgIpc) is 2.88. The minimum Gasteiger partial charge on any atom is -0.327 e. The van der Waals surface area contributed by atoms with Crippen LogP contribution in [0.2, 0.25) is 0 Å². The second-order valence-electron chi connectivity index (χ2n) is 4.61. The summed E-state index contributed by atoms with van der Waals surface area (Å²) in [6.07, 6.45) is -1.73. The molecule has 0 aromatic carbocycles. The maximum Gasteiger partial charge on any atom is 0.451 e. The first kappa shape index (κ1) is 16.7. The fraction of sp³-hybridized carbons (Fsp3) is 0.700. The summed E-state index contributed by atoms with van der Waals surface area (Å²) in [6.45, 7) is 0. The fourth-order valence-electron chi connectivity index (χ4n) is 2.18. The second-order valence-corrected chi connectivity index (χ2v) is 4.61. The number of nitrogens with one attached hydrogen (secondary N) is 2.